The minimum absolute atomic E-state index is 0.131. The SMILES string of the molecule is COCCn1ncc(NCC2CCCCC2O)c(Cl)c1=O. The van der Waals surface area contributed by atoms with Crippen LogP contribution >= 0.6 is 11.6 Å². The molecule has 0 saturated heterocycles. The van der Waals surface area contributed by atoms with Crippen molar-refractivity contribution in [1.82, 2.24) is 9.78 Å². The average molecular weight is 316 g/mol. The quantitative estimate of drug-likeness (QED) is 0.832. The summed E-state index contributed by atoms with van der Waals surface area (Å²) < 4.78 is 6.21. The van der Waals surface area contributed by atoms with E-state index in [-0.39, 0.29) is 22.6 Å². The molecule has 2 unspecified atom stereocenters. The fourth-order valence-corrected chi connectivity index (χ4v) is 2.81. The maximum atomic E-state index is 12.0. The standard InChI is InChI=1S/C14H22ClN3O3/c1-21-7-6-18-14(20)13(15)11(9-17-18)16-8-10-4-2-3-5-12(10)19/h9-10,12,16,19H,2-8H2,1H3. The molecule has 0 bridgehead atoms. The Balaban J connectivity index is 2.00. The van der Waals surface area contributed by atoms with Gasteiger partial charge in [-0.2, -0.15) is 5.10 Å². The van der Waals surface area contributed by atoms with Crippen molar-refractivity contribution in [3.05, 3.63) is 21.6 Å². The molecule has 2 N–H and O–H groups in total. The highest BCUT2D eigenvalue weighted by Crippen LogP contribution is 2.25. The van der Waals surface area contributed by atoms with E-state index in [9.17, 15) is 9.90 Å². The first-order valence-corrected chi connectivity index (χ1v) is 7.67. The Morgan fingerprint density at radius 3 is 3.00 bits per heavy atom. The molecule has 21 heavy (non-hydrogen) atoms. The van der Waals surface area contributed by atoms with Crippen LogP contribution < -0.4 is 10.9 Å². The number of nitrogens with one attached hydrogen (secondary N) is 1. The molecule has 0 aliphatic heterocycles. The van der Waals surface area contributed by atoms with E-state index >= 15 is 0 Å². The number of halogens is 1. The van der Waals surface area contributed by atoms with Gasteiger partial charge in [0.2, 0.25) is 0 Å². The molecule has 1 fully saturated rings. The molecule has 2 rings (SSSR count). The van der Waals surface area contributed by atoms with Gasteiger partial charge in [0.25, 0.3) is 5.56 Å². The zero-order valence-electron chi connectivity index (χ0n) is 12.2. The number of methoxy groups -OCH3 is 1. The van der Waals surface area contributed by atoms with Crippen LogP contribution in [0, 0.1) is 5.92 Å². The van der Waals surface area contributed by atoms with Crippen molar-refractivity contribution in [3.63, 3.8) is 0 Å². The monoisotopic (exact) mass is 315 g/mol. The molecule has 1 aliphatic carbocycles. The van der Waals surface area contributed by atoms with Crippen molar-refractivity contribution in [3.8, 4) is 0 Å². The average Bonchev–Trinajstić information content (AvgIpc) is 2.49. The van der Waals surface area contributed by atoms with E-state index in [4.69, 9.17) is 16.3 Å². The lowest BCUT2D eigenvalue weighted by molar-refractivity contribution is 0.0763. The van der Waals surface area contributed by atoms with Gasteiger partial charge in [-0.15, -0.1) is 0 Å². The Hall–Kier alpha value is -1.11. The smallest absolute Gasteiger partial charge is 0.287 e. The zero-order chi connectivity index (χ0) is 15.2. The van der Waals surface area contributed by atoms with Gasteiger partial charge in [-0.3, -0.25) is 4.79 Å². The second kappa shape index (κ2) is 7.77. The second-order valence-electron chi connectivity index (χ2n) is 5.39. The van der Waals surface area contributed by atoms with E-state index < -0.39 is 0 Å². The zero-order valence-corrected chi connectivity index (χ0v) is 13.0. The number of aromatic nitrogens is 2. The molecule has 2 atom stereocenters. The Bertz CT molecular complexity index is 521. The van der Waals surface area contributed by atoms with Gasteiger partial charge in [0.05, 0.1) is 31.1 Å². The number of aliphatic hydroxyl groups excluding tert-OH is 1. The van der Waals surface area contributed by atoms with Crippen LogP contribution in [-0.4, -0.2) is 41.3 Å². The molecule has 0 amide bonds. The van der Waals surface area contributed by atoms with Crippen LogP contribution in [0.3, 0.4) is 0 Å². The predicted molar refractivity (Wildman–Crippen MR) is 81.8 cm³/mol. The van der Waals surface area contributed by atoms with Gasteiger partial charge in [-0.25, -0.2) is 4.68 Å². The maximum absolute atomic E-state index is 12.0. The molecule has 1 aliphatic rings. The van der Waals surface area contributed by atoms with E-state index in [0.717, 1.165) is 25.7 Å². The topological polar surface area (TPSA) is 76.4 Å². The summed E-state index contributed by atoms with van der Waals surface area (Å²) in [5.41, 5.74) is 0.191. The van der Waals surface area contributed by atoms with Gasteiger partial charge in [0.1, 0.15) is 5.02 Å². The van der Waals surface area contributed by atoms with E-state index in [0.29, 0.717) is 25.4 Å². The summed E-state index contributed by atoms with van der Waals surface area (Å²) in [6.45, 7) is 1.38. The Labute approximate surface area is 129 Å². The number of hydrogen-bond donors (Lipinski definition) is 2. The van der Waals surface area contributed by atoms with Gasteiger partial charge < -0.3 is 15.2 Å². The molecule has 1 heterocycles. The Morgan fingerprint density at radius 1 is 1.52 bits per heavy atom. The normalized spacial score (nSPS) is 22.2. The van der Waals surface area contributed by atoms with Crippen molar-refractivity contribution >= 4 is 17.3 Å². The highest BCUT2D eigenvalue weighted by atomic mass is 35.5. The molecule has 1 saturated carbocycles. The fraction of sp³-hybridized carbons (Fsp3) is 0.714. The summed E-state index contributed by atoms with van der Waals surface area (Å²) in [6.07, 6.45) is 5.32. The number of rotatable bonds is 6. The molecule has 1 aromatic rings. The number of anilines is 1. The first-order chi connectivity index (χ1) is 10.1. The van der Waals surface area contributed by atoms with Gasteiger partial charge in [-0.1, -0.05) is 24.4 Å². The fourth-order valence-electron chi connectivity index (χ4n) is 2.59. The highest BCUT2D eigenvalue weighted by molar-refractivity contribution is 6.32. The minimum atomic E-state index is -0.331. The van der Waals surface area contributed by atoms with Crippen LogP contribution in [0.1, 0.15) is 25.7 Å². The summed E-state index contributed by atoms with van der Waals surface area (Å²) in [6, 6.07) is 0. The van der Waals surface area contributed by atoms with Crippen LogP contribution in [0.2, 0.25) is 5.02 Å². The Kier molecular flexibility index (Phi) is 6.02. The number of ether oxygens (including phenoxy) is 1. The van der Waals surface area contributed by atoms with Crippen molar-refractivity contribution in [2.75, 3.05) is 25.6 Å². The Morgan fingerprint density at radius 2 is 2.29 bits per heavy atom. The lowest BCUT2D eigenvalue weighted by Crippen LogP contribution is -2.31. The number of aliphatic hydroxyl groups is 1. The third-order valence-corrected chi connectivity index (χ3v) is 4.28. The summed E-state index contributed by atoms with van der Waals surface area (Å²) in [5.74, 6) is 0.200. The van der Waals surface area contributed by atoms with Crippen molar-refractivity contribution in [1.29, 1.82) is 0 Å². The second-order valence-corrected chi connectivity index (χ2v) is 5.76. The predicted octanol–water partition coefficient (Wildman–Crippen LogP) is 1.51. The van der Waals surface area contributed by atoms with Gasteiger partial charge in [0, 0.05) is 19.6 Å². The van der Waals surface area contributed by atoms with E-state index in [2.05, 4.69) is 10.4 Å². The molecular weight excluding hydrogens is 294 g/mol. The molecular formula is C14H22ClN3O3. The van der Waals surface area contributed by atoms with E-state index in [1.807, 2.05) is 0 Å². The minimum Gasteiger partial charge on any atom is -0.393 e. The van der Waals surface area contributed by atoms with Crippen molar-refractivity contribution in [2.24, 2.45) is 5.92 Å². The van der Waals surface area contributed by atoms with E-state index in [1.165, 1.54) is 4.68 Å². The first kappa shape index (κ1) is 16.3. The largest absolute Gasteiger partial charge is 0.393 e. The third-order valence-electron chi connectivity index (χ3n) is 3.92. The first-order valence-electron chi connectivity index (χ1n) is 7.30. The summed E-state index contributed by atoms with van der Waals surface area (Å²) >= 11 is 6.09. The van der Waals surface area contributed by atoms with Crippen molar-refractivity contribution < 1.29 is 9.84 Å². The molecule has 1 aromatic heterocycles. The molecule has 0 aromatic carbocycles. The van der Waals surface area contributed by atoms with Crippen LogP contribution in [0.15, 0.2) is 11.0 Å². The van der Waals surface area contributed by atoms with E-state index in [1.54, 1.807) is 13.3 Å². The van der Waals surface area contributed by atoms with Crippen LogP contribution in [-0.2, 0) is 11.3 Å². The summed E-state index contributed by atoms with van der Waals surface area (Å²) in [5, 5.41) is 17.3. The van der Waals surface area contributed by atoms with Gasteiger partial charge in [-0.05, 0) is 12.8 Å². The number of nitrogens with zero attached hydrogens (tertiary/aromatic N) is 2. The molecule has 0 spiro atoms. The number of hydrogen-bond acceptors (Lipinski definition) is 5. The maximum Gasteiger partial charge on any atom is 0.287 e. The molecule has 0 radical (unpaired) electrons. The van der Waals surface area contributed by atoms with Crippen molar-refractivity contribution in [2.45, 2.75) is 38.3 Å². The lowest BCUT2D eigenvalue weighted by atomic mass is 9.86. The summed E-state index contributed by atoms with van der Waals surface area (Å²) in [7, 11) is 1.57. The van der Waals surface area contributed by atoms with Gasteiger partial charge >= 0.3 is 0 Å². The highest BCUT2D eigenvalue weighted by Gasteiger charge is 2.23. The van der Waals surface area contributed by atoms with Crippen LogP contribution in [0.25, 0.3) is 0 Å². The molecule has 118 valence electrons. The van der Waals surface area contributed by atoms with Crippen LogP contribution in [0.5, 0.6) is 0 Å². The molecule has 6 nitrogen and oxygen atoms in total. The van der Waals surface area contributed by atoms with Gasteiger partial charge in [0.15, 0.2) is 0 Å². The lowest BCUT2D eigenvalue weighted by Gasteiger charge is -2.28. The van der Waals surface area contributed by atoms with Crippen LogP contribution in [0.4, 0.5) is 5.69 Å². The third kappa shape index (κ3) is 4.18. The summed E-state index contributed by atoms with van der Waals surface area (Å²) in [4.78, 5) is 12.0. The molecule has 7 heteroatoms.